The molecule has 0 aromatic carbocycles. The van der Waals surface area contributed by atoms with Gasteiger partial charge in [-0.25, -0.2) is 0 Å². The van der Waals surface area contributed by atoms with Gasteiger partial charge in [-0.15, -0.1) is 0 Å². The van der Waals surface area contributed by atoms with E-state index in [-0.39, 0.29) is 6.04 Å². The maximum Gasteiger partial charge on any atom is 0.142 e. The summed E-state index contributed by atoms with van der Waals surface area (Å²) in [5.74, 6) is 7.42. The van der Waals surface area contributed by atoms with Crippen LogP contribution in [0, 0.1) is 0 Å². The van der Waals surface area contributed by atoms with Gasteiger partial charge in [0.25, 0.3) is 0 Å². The number of hydrazine groups is 1. The van der Waals surface area contributed by atoms with Crippen molar-refractivity contribution in [2.24, 2.45) is 5.84 Å². The fourth-order valence-corrected chi connectivity index (χ4v) is 3.89. The zero-order chi connectivity index (χ0) is 13.5. The lowest BCUT2D eigenvalue weighted by molar-refractivity contribution is 0.398. The normalized spacial score (nSPS) is 18.2. The maximum absolute atomic E-state index is 5.69. The standard InChI is InChI=1S/C14H23N3OS/c1-18-13-8-5-9-16-14(13)12(17-15)10-19-11-6-3-2-4-7-11/h5,8-9,11-12,17H,2-4,6-7,10,15H2,1H3. The number of hydrogen-bond acceptors (Lipinski definition) is 5. The molecule has 1 fully saturated rings. The van der Waals surface area contributed by atoms with Gasteiger partial charge in [-0.3, -0.25) is 16.3 Å². The Bertz CT molecular complexity index is 383. The number of methoxy groups -OCH3 is 1. The van der Waals surface area contributed by atoms with Crippen molar-refractivity contribution in [2.45, 2.75) is 43.4 Å². The predicted molar refractivity (Wildman–Crippen MR) is 80.2 cm³/mol. The molecule has 0 aliphatic heterocycles. The fourth-order valence-electron chi connectivity index (χ4n) is 2.51. The first-order valence-corrected chi connectivity index (χ1v) is 7.96. The highest BCUT2D eigenvalue weighted by Gasteiger charge is 2.20. The van der Waals surface area contributed by atoms with Crippen molar-refractivity contribution in [1.82, 2.24) is 10.4 Å². The molecule has 1 aromatic rings. The van der Waals surface area contributed by atoms with Crippen LogP contribution < -0.4 is 16.0 Å². The van der Waals surface area contributed by atoms with Crippen molar-refractivity contribution in [3.05, 3.63) is 24.0 Å². The van der Waals surface area contributed by atoms with Gasteiger partial charge in [0.15, 0.2) is 0 Å². The quantitative estimate of drug-likeness (QED) is 0.620. The van der Waals surface area contributed by atoms with Crippen LogP contribution in [0.25, 0.3) is 0 Å². The monoisotopic (exact) mass is 281 g/mol. The lowest BCUT2D eigenvalue weighted by Crippen LogP contribution is -2.31. The van der Waals surface area contributed by atoms with Gasteiger partial charge in [0, 0.05) is 17.2 Å². The second-order valence-corrected chi connectivity index (χ2v) is 6.24. The summed E-state index contributed by atoms with van der Waals surface area (Å²) in [4.78, 5) is 4.40. The molecule has 0 spiro atoms. The summed E-state index contributed by atoms with van der Waals surface area (Å²) in [5.41, 5.74) is 3.77. The molecule has 3 N–H and O–H groups in total. The van der Waals surface area contributed by atoms with Crippen LogP contribution in [0.4, 0.5) is 0 Å². The van der Waals surface area contributed by atoms with Gasteiger partial charge in [0.1, 0.15) is 11.4 Å². The summed E-state index contributed by atoms with van der Waals surface area (Å²) in [7, 11) is 1.67. The SMILES string of the molecule is COc1cccnc1C(CSC1CCCCC1)NN. The summed E-state index contributed by atoms with van der Waals surface area (Å²) in [6, 6.07) is 3.85. The van der Waals surface area contributed by atoms with Gasteiger partial charge in [0.05, 0.1) is 13.2 Å². The average Bonchev–Trinajstić information content (AvgIpc) is 2.49. The summed E-state index contributed by atoms with van der Waals surface area (Å²) < 4.78 is 5.35. The van der Waals surface area contributed by atoms with Crippen LogP contribution in [0.3, 0.4) is 0 Å². The molecule has 1 unspecified atom stereocenters. The Morgan fingerprint density at radius 3 is 2.95 bits per heavy atom. The lowest BCUT2D eigenvalue weighted by Gasteiger charge is -2.24. The van der Waals surface area contributed by atoms with E-state index in [1.807, 2.05) is 23.9 Å². The van der Waals surface area contributed by atoms with Crippen LogP contribution in [0.5, 0.6) is 5.75 Å². The molecule has 1 atom stereocenters. The number of hydrogen-bond donors (Lipinski definition) is 2. The highest BCUT2D eigenvalue weighted by Crippen LogP contribution is 2.32. The lowest BCUT2D eigenvalue weighted by atomic mass is 10.0. The average molecular weight is 281 g/mol. The minimum Gasteiger partial charge on any atom is -0.495 e. The molecular weight excluding hydrogens is 258 g/mol. The Balaban J connectivity index is 1.95. The first kappa shape index (κ1) is 14.6. The zero-order valence-corrected chi connectivity index (χ0v) is 12.3. The van der Waals surface area contributed by atoms with E-state index < -0.39 is 0 Å². The Hall–Kier alpha value is -0.780. The van der Waals surface area contributed by atoms with Gasteiger partial charge < -0.3 is 4.74 Å². The van der Waals surface area contributed by atoms with Crippen LogP contribution in [-0.2, 0) is 0 Å². The Morgan fingerprint density at radius 2 is 2.26 bits per heavy atom. The molecule has 4 nitrogen and oxygen atoms in total. The van der Waals surface area contributed by atoms with Gasteiger partial charge in [-0.1, -0.05) is 19.3 Å². The first-order valence-electron chi connectivity index (χ1n) is 6.91. The van der Waals surface area contributed by atoms with E-state index in [9.17, 15) is 0 Å². The molecule has 0 radical (unpaired) electrons. The highest BCUT2D eigenvalue weighted by molar-refractivity contribution is 7.99. The molecule has 0 saturated heterocycles. The number of nitrogens with one attached hydrogen (secondary N) is 1. The van der Waals surface area contributed by atoms with Crippen molar-refractivity contribution in [2.75, 3.05) is 12.9 Å². The van der Waals surface area contributed by atoms with E-state index in [0.717, 1.165) is 22.4 Å². The van der Waals surface area contributed by atoms with Crippen molar-refractivity contribution in [3.63, 3.8) is 0 Å². The van der Waals surface area contributed by atoms with Gasteiger partial charge >= 0.3 is 0 Å². The number of aromatic nitrogens is 1. The Morgan fingerprint density at radius 1 is 1.47 bits per heavy atom. The second kappa shape index (κ2) is 7.72. The van der Waals surface area contributed by atoms with Crippen LogP contribution in [0.15, 0.2) is 18.3 Å². The molecule has 0 bridgehead atoms. The highest BCUT2D eigenvalue weighted by atomic mass is 32.2. The van der Waals surface area contributed by atoms with Crippen LogP contribution >= 0.6 is 11.8 Å². The predicted octanol–water partition coefficient (Wildman–Crippen LogP) is 2.66. The van der Waals surface area contributed by atoms with E-state index >= 15 is 0 Å². The number of nitrogens with zero attached hydrogens (tertiary/aromatic N) is 1. The number of thioether (sulfide) groups is 1. The first-order chi connectivity index (χ1) is 9.35. The van der Waals surface area contributed by atoms with E-state index in [2.05, 4.69) is 10.4 Å². The molecule has 2 rings (SSSR count). The molecule has 5 heteroatoms. The number of rotatable bonds is 6. The van der Waals surface area contributed by atoms with Crippen LogP contribution in [-0.4, -0.2) is 23.1 Å². The Kier molecular flexibility index (Phi) is 5.94. The molecule has 1 aliphatic rings. The molecule has 0 amide bonds. The maximum atomic E-state index is 5.69. The van der Waals surface area contributed by atoms with Crippen LogP contribution in [0.1, 0.15) is 43.8 Å². The topological polar surface area (TPSA) is 60.2 Å². The molecule has 1 aliphatic carbocycles. The molecule has 1 heterocycles. The van der Waals surface area contributed by atoms with E-state index in [4.69, 9.17) is 10.6 Å². The third-order valence-corrected chi connectivity index (χ3v) is 5.07. The zero-order valence-electron chi connectivity index (χ0n) is 11.5. The van der Waals surface area contributed by atoms with Gasteiger partial charge in [0.2, 0.25) is 0 Å². The van der Waals surface area contributed by atoms with Crippen molar-refractivity contribution >= 4 is 11.8 Å². The summed E-state index contributed by atoms with van der Waals surface area (Å²) in [6.45, 7) is 0. The summed E-state index contributed by atoms with van der Waals surface area (Å²) in [5, 5.41) is 0.777. The van der Waals surface area contributed by atoms with Crippen molar-refractivity contribution in [1.29, 1.82) is 0 Å². The number of ether oxygens (including phenoxy) is 1. The minimum absolute atomic E-state index is 0.0445. The third kappa shape index (κ3) is 4.09. The van der Waals surface area contributed by atoms with E-state index in [1.165, 1.54) is 32.1 Å². The fraction of sp³-hybridized carbons (Fsp3) is 0.643. The third-order valence-electron chi connectivity index (χ3n) is 3.60. The largest absolute Gasteiger partial charge is 0.495 e. The van der Waals surface area contributed by atoms with E-state index in [1.54, 1.807) is 13.3 Å². The summed E-state index contributed by atoms with van der Waals surface area (Å²) >= 11 is 2.01. The van der Waals surface area contributed by atoms with Crippen LogP contribution in [0.2, 0.25) is 0 Å². The van der Waals surface area contributed by atoms with Gasteiger partial charge in [-0.05, 0) is 25.0 Å². The molecule has 1 saturated carbocycles. The van der Waals surface area contributed by atoms with Gasteiger partial charge in [-0.2, -0.15) is 11.8 Å². The second-order valence-electron chi connectivity index (χ2n) is 4.90. The summed E-state index contributed by atoms with van der Waals surface area (Å²) in [6.07, 6.45) is 8.58. The van der Waals surface area contributed by atoms with E-state index in [0.29, 0.717) is 0 Å². The molecular formula is C14H23N3OS. The smallest absolute Gasteiger partial charge is 0.142 e. The number of pyridine rings is 1. The minimum atomic E-state index is 0.0445. The van der Waals surface area contributed by atoms with Crippen molar-refractivity contribution in [3.8, 4) is 5.75 Å². The molecule has 106 valence electrons. The number of nitrogens with two attached hydrogens (primary N) is 1. The molecule has 1 aromatic heterocycles. The van der Waals surface area contributed by atoms with Crippen molar-refractivity contribution < 1.29 is 4.74 Å². The Labute approximate surface area is 119 Å². The molecule has 19 heavy (non-hydrogen) atoms.